The van der Waals surface area contributed by atoms with Gasteiger partial charge in [0.15, 0.2) is 0 Å². The van der Waals surface area contributed by atoms with E-state index in [1.165, 1.54) is 0 Å². The average molecular weight is 318 g/mol. The summed E-state index contributed by atoms with van der Waals surface area (Å²) in [6, 6.07) is 0. The second-order valence-electron chi connectivity index (χ2n) is 7.93. The van der Waals surface area contributed by atoms with Crippen LogP contribution in [0.5, 0.6) is 0 Å². The monoisotopic (exact) mass is 318 g/mol. The maximum Gasteiger partial charge on any atom is 0.408 e. The Kier molecular flexibility index (Phi) is 4.46. The first-order chi connectivity index (χ1) is 9.97. The number of hydrogen-bond donors (Lipinski definition) is 2. The van der Waals surface area contributed by atoms with E-state index in [0.29, 0.717) is 0 Å². The third kappa shape index (κ3) is 3.70. The van der Waals surface area contributed by atoms with Crippen molar-refractivity contribution in [2.45, 2.75) is 94.7 Å². The van der Waals surface area contributed by atoms with Crippen LogP contribution >= 0.6 is 0 Å². The number of rotatable bonds is 2. The number of carbonyl (C=O) groups is 1. The molecule has 0 unspecified atom stereocenters. The third-order valence-electron chi connectivity index (χ3n) is 5.02. The lowest BCUT2D eigenvalue weighted by Crippen LogP contribution is -2.69. The summed E-state index contributed by atoms with van der Waals surface area (Å²) in [4.78, 5) is 12.2. The molecule has 0 aromatic rings. The molecule has 0 heterocycles. The summed E-state index contributed by atoms with van der Waals surface area (Å²) in [7, 11) is 0. The first-order valence-corrected chi connectivity index (χ1v) is 8.15. The zero-order valence-corrected chi connectivity index (χ0v) is 13.8. The SMILES string of the molecule is CC(C)(C)OC(=O)NC1(C2(N)CCC(F)(F)CC2)CCCC1. The van der Waals surface area contributed by atoms with Gasteiger partial charge in [-0.15, -0.1) is 0 Å². The predicted molar refractivity (Wildman–Crippen MR) is 80.9 cm³/mol. The van der Waals surface area contributed by atoms with Gasteiger partial charge in [0.1, 0.15) is 5.60 Å². The van der Waals surface area contributed by atoms with E-state index in [-0.39, 0.29) is 25.7 Å². The third-order valence-corrected chi connectivity index (χ3v) is 5.02. The number of alkyl carbamates (subject to hydrolysis) is 1. The van der Waals surface area contributed by atoms with Crippen molar-refractivity contribution in [2.24, 2.45) is 5.73 Å². The number of ether oxygens (including phenoxy) is 1. The summed E-state index contributed by atoms with van der Waals surface area (Å²) in [6.07, 6.45) is 2.91. The van der Waals surface area contributed by atoms with Crippen molar-refractivity contribution in [3.63, 3.8) is 0 Å². The molecule has 2 saturated carbocycles. The highest BCUT2D eigenvalue weighted by molar-refractivity contribution is 5.69. The van der Waals surface area contributed by atoms with Gasteiger partial charge in [0, 0.05) is 18.4 Å². The van der Waals surface area contributed by atoms with E-state index < -0.39 is 28.7 Å². The summed E-state index contributed by atoms with van der Waals surface area (Å²) in [5.41, 5.74) is 4.54. The van der Waals surface area contributed by atoms with Crippen LogP contribution in [0.4, 0.5) is 13.6 Å². The maximum atomic E-state index is 13.5. The largest absolute Gasteiger partial charge is 0.444 e. The highest BCUT2D eigenvalue weighted by Crippen LogP contribution is 2.47. The topological polar surface area (TPSA) is 64.3 Å². The standard InChI is InChI=1S/C16H28F2N2O2/c1-13(2,3)22-12(21)20-15(6-4-5-7-15)14(19)8-10-16(17,18)11-9-14/h4-11,19H2,1-3H3,(H,20,21). The van der Waals surface area contributed by atoms with E-state index in [9.17, 15) is 13.6 Å². The average Bonchev–Trinajstić information content (AvgIpc) is 2.81. The lowest BCUT2D eigenvalue weighted by molar-refractivity contribution is -0.0650. The molecule has 4 nitrogen and oxygen atoms in total. The van der Waals surface area contributed by atoms with E-state index in [0.717, 1.165) is 25.7 Å². The van der Waals surface area contributed by atoms with Crippen LogP contribution in [0.25, 0.3) is 0 Å². The Bertz CT molecular complexity index is 416. The number of nitrogens with one attached hydrogen (secondary N) is 1. The molecule has 0 bridgehead atoms. The summed E-state index contributed by atoms with van der Waals surface area (Å²) < 4.78 is 32.3. The van der Waals surface area contributed by atoms with Gasteiger partial charge < -0.3 is 15.8 Å². The molecule has 22 heavy (non-hydrogen) atoms. The lowest BCUT2D eigenvalue weighted by atomic mass is 9.66. The molecule has 0 aromatic carbocycles. The Labute approximate surface area is 131 Å². The molecule has 2 fully saturated rings. The van der Waals surface area contributed by atoms with Crippen LogP contribution in [0.3, 0.4) is 0 Å². The van der Waals surface area contributed by atoms with Crippen LogP contribution in [-0.2, 0) is 4.74 Å². The van der Waals surface area contributed by atoms with E-state index in [4.69, 9.17) is 10.5 Å². The van der Waals surface area contributed by atoms with Crippen molar-refractivity contribution in [3.05, 3.63) is 0 Å². The summed E-state index contributed by atoms with van der Waals surface area (Å²) in [5.74, 6) is -2.63. The molecule has 2 aliphatic rings. The number of hydrogen-bond acceptors (Lipinski definition) is 3. The van der Waals surface area contributed by atoms with Crippen molar-refractivity contribution in [2.75, 3.05) is 0 Å². The molecule has 0 aromatic heterocycles. The van der Waals surface area contributed by atoms with Gasteiger partial charge in [0.05, 0.1) is 5.54 Å². The minimum absolute atomic E-state index is 0.207. The Morgan fingerprint density at radius 3 is 2.00 bits per heavy atom. The molecule has 128 valence electrons. The Balaban J connectivity index is 2.13. The van der Waals surface area contributed by atoms with Crippen LogP contribution in [-0.4, -0.2) is 28.7 Å². The van der Waals surface area contributed by atoms with Crippen LogP contribution in [0.15, 0.2) is 0 Å². The minimum atomic E-state index is -2.63. The zero-order valence-electron chi connectivity index (χ0n) is 13.8. The molecule has 0 radical (unpaired) electrons. The number of nitrogens with two attached hydrogens (primary N) is 1. The molecule has 6 heteroatoms. The summed E-state index contributed by atoms with van der Waals surface area (Å²) >= 11 is 0. The minimum Gasteiger partial charge on any atom is -0.444 e. The zero-order chi connectivity index (χ0) is 16.6. The van der Waals surface area contributed by atoms with Crippen LogP contribution in [0.1, 0.15) is 72.1 Å². The van der Waals surface area contributed by atoms with Crippen molar-refractivity contribution >= 4 is 6.09 Å². The van der Waals surface area contributed by atoms with Crippen molar-refractivity contribution in [1.29, 1.82) is 0 Å². The van der Waals surface area contributed by atoms with Gasteiger partial charge >= 0.3 is 6.09 Å². The Morgan fingerprint density at radius 2 is 1.55 bits per heavy atom. The van der Waals surface area contributed by atoms with Crippen LogP contribution in [0, 0.1) is 0 Å². The van der Waals surface area contributed by atoms with Gasteiger partial charge in [0.25, 0.3) is 0 Å². The van der Waals surface area contributed by atoms with E-state index >= 15 is 0 Å². The van der Waals surface area contributed by atoms with Crippen LogP contribution in [0.2, 0.25) is 0 Å². The maximum absolute atomic E-state index is 13.5. The first kappa shape index (κ1) is 17.4. The van der Waals surface area contributed by atoms with Crippen LogP contribution < -0.4 is 11.1 Å². The fourth-order valence-electron chi connectivity index (χ4n) is 3.77. The molecule has 3 N–H and O–H groups in total. The van der Waals surface area contributed by atoms with Gasteiger partial charge in [-0.1, -0.05) is 12.8 Å². The first-order valence-electron chi connectivity index (χ1n) is 8.15. The smallest absolute Gasteiger partial charge is 0.408 e. The van der Waals surface area contributed by atoms with Gasteiger partial charge in [-0.2, -0.15) is 0 Å². The molecular formula is C16H28F2N2O2. The molecule has 2 rings (SSSR count). The molecule has 0 atom stereocenters. The normalized spacial score (nSPS) is 26.5. The fraction of sp³-hybridized carbons (Fsp3) is 0.938. The predicted octanol–water partition coefficient (Wildman–Crippen LogP) is 3.73. The molecule has 0 spiro atoms. The quantitative estimate of drug-likeness (QED) is 0.815. The summed E-state index contributed by atoms with van der Waals surface area (Å²) in [5, 5.41) is 2.96. The number of amides is 1. The second kappa shape index (κ2) is 5.62. The fourth-order valence-corrected chi connectivity index (χ4v) is 3.77. The summed E-state index contributed by atoms with van der Waals surface area (Å²) in [6.45, 7) is 5.40. The number of halogens is 2. The molecule has 2 aliphatic carbocycles. The highest BCUT2D eigenvalue weighted by atomic mass is 19.3. The second-order valence-corrected chi connectivity index (χ2v) is 7.93. The van der Waals surface area contributed by atoms with Gasteiger partial charge in [-0.25, -0.2) is 13.6 Å². The number of carbonyl (C=O) groups excluding carboxylic acids is 1. The number of alkyl halides is 2. The molecular weight excluding hydrogens is 290 g/mol. The van der Waals surface area contributed by atoms with Crippen molar-refractivity contribution in [3.8, 4) is 0 Å². The molecule has 0 aliphatic heterocycles. The molecule has 1 amide bonds. The van der Waals surface area contributed by atoms with E-state index in [1.807, 2.05) is 0 Å². The van der Waals surface area contributed by atoms with Crippen molar-refractivity contribution in [1.82, 2.24) is 5.32 Å². The van der Waals surface area contributed by atoms with Gasteiger partial charge in [0.2, 0.25) is 5.92 Å². The Hall–Kier alpha value is -0.910. The van der Waals surface area contributed by atoms with Gasteiger partial charge in [-0.05, 0) is 46.5 Å². The molecule has 0 saturated heterocycles. The van der Waals surface area contributed by atoms with Gasteiger partial charge in [-0.3, -0.25) is 0 Å². The Morgan fingerprint density at radius 1 is 1.05 bits per heavy atom. The highest BCUT2D eigenvalue weighted by Gasteiger charge is 2.55. The van der Waals surface area contributed by atoms with Crippen molar-refractivity contribution < 1.29 is 18.3 Å². The lowest BCUT2D eigenvalue weighted by Gasteiger charge is -2.50. The van der Waals surface area contributed by atoms with E-state index in [1.54, 1.807) is 20.8 Å². The van der Waals surface area contributed by atoms with E-state index in [2.05, 4.69) is 5.32 Å².